The van der Waals surface area contributed by atoms with E-state index >= 15 is 0 Å². The van der Waals surface area contributed by atoms with E-state index in [1.165, 1.54) is 0 Å². The zero-order valence-corrected chi connectivity index (χ0v) is 23.2. The molecule has 4 aromatic heterocycles. The Labute approximate surface area is 250 Å². The van der Waals surface area contributed by atoms with Crippen LogP contribution in [-0.2, 0) is 0 Å². The molecule has 9 rings (SSSR count). The lowest BCUT2D eigenvalue weighted by Gasteiger charge is -2.17. The van der Waals surface area contributed by atoms with Gasteiger partial charge in [-0.3, -0.25) is 9.13 Å². The lowest BCUT2D eigenvalue weighted by Crippen LogP contribution is -2.06. The minimum Gasteiger partial charge on any atom is -0.292 e. The number of rotatable bonds is 2. The number of aromatic nitrogens is 4. The molecule has 0 aliphatic heterocycles. The molecule has 0 spiro atoms. The van der Waals surface area contributed by atoms with Gasteiger partial charge < -0.3 is 0 Å². The minimum atomic E-state index is 0.303. The highest BCUT2D eigenvalue weighted by Gasteiger charge is 2.23. The van der Waals surface area contributed by atoms with Gasteiger partial charge in [-0.05, 0) is 70.1 Å². The smallest absolute Gasteiger partial charge is 0.145 e. The van der Waals surface area contributed by atoms with Crippen LogP contribution in [0.2, 0.25) is 0 Å². The molecule has 0 radical (unpaired) electrons. The average Bonchev–Trinajstić information content (AvgIpc) is 3.61. The summed E-state index contributed by atoms with van der Waals surface area (Å²) in [6.07, 6.45) is 3.59. The summed E-state index contributed by atoms with van der Waals surface area (Å²) in [4.78, 5) is 9.76. The topological polar surface area (TPSA) is 83.2 Å². The normalized spacial score (nSPS) is 11.6. The Bertz CT molecular complexity index is 2560. The summed E-state index contributed by atoms with van der Waals surface area (Å²) in [6.45, 7) is 0. The van der Waals surface area contributed by atoms with Crippen molar-refractivity contribution < 1.29 is 0 Å². The highest BCUT2D eigenvalue weighted by Crippen LogP contribution is 2.41. The molecule has 0 N–H and O–H groups in total. The van der Waals surface area contributed by atoms with Gasteiger partial charge in [0.1, 0.15) is 23.4 Å². The van der Waals surface area contributed by atoms with Crippen molar-refractivity contribution in [3.63, 3.8) is 0 Å². The number of fused-ring (bicyclic) bond motifs is 10. The Morgan fingerprint density at radius 2 is 0.909 bits per heavy atom. The van der Waals surface area contributed by atoms with E-state index in [4.69, 9.17) is 9.97 Å². The van der Waals surface area contributed by atoms with Crippen LogP contribution in [0.3, 0.4) is 0 Å². The van der Waals surface area contributed by atoms with Crippen molar-refractivity contribution in [3.8, 4) is 23.5 Å². The molecule has 44 heavy (non-hydrogen) atoms. The first-order valence-electron chi connectivity index (χ1n) is 14.3. The van der Waals surface area contributed by atoms with Gasteiger partial charge in [0.2, 0.25) is 0 Å². The number of pyridine rings is 2. The summed E-state index contributed by atoms with van der Waals surface area (Å²) in [5.41, 5.74) is 5.56. The molecule has 0 aliphatic rings. The molecule has 5 aromatic carbocycles. The second-order valence-corrected chi connectivity index (χ2v) is 10.9. The number of nitrogens with zero attached hydrogens (tertiary/aromatic N) is 6. The molecule has 6 heteroatoms. The predicted molar refractivity (Wildman–Crippen MR) is 175 cm³/mol. The van der Waals surface area contributed by atoms with Crippen LogP contribution in [-0.4, -0.2) is 19.1 Å². The highest BCUT2D eigenvalue weighted by molar-refractivity contribution is 6.22. The molecule has 0 saturated carbocycles. The maximum absolute atomic E-state index is 10.2. The SMILES string of the molecule is N#Cc1cc(-n2c3ccc4ccccc4c3c3cccnc32)c(-n2c3ccc4ccccc4c3c3cccnc32)cc1C#N. The van der Waals surface area contributed by atoms with E-state index in [1.54, 1.807) is 12.4 Å². The van der Waals surface area contributed by atoms with Gasteiger partial charge in [0.15, 0.2) is 0 Å². The highest BCUT2D eigenvalue weighted by atomic mass is 15.1. The summed E-state index contributed by atoms with van der Waals surface area (Å²) in [5, 5.41) is 29.1. The molecule has 0 fully saturated rings. The van der Waals surface area contributed by atoms with Gasteiger partial charge in [0.25, 0.3) is 0 Å². The second-order valence-electron chi connectivity index (χ2n) is 10.9. The van der Waals surface area contributed by atoms with Gasteiger partial charge in [0, 0.05) is 33.9 Å². The fourth-order valence-electron chi connectivity index (χ4n) is 6.84. The third kappa shape index (κ3) is 3.17. The molecule has 0 aliphatic carbocycles. The van der Waals surface area contributed by atoms with Gasteiger partial charge in [-0.2, -0.15) is 10.5 Å². The summed E-state index contributed by atoms with van der Waals surface area (Å²) in [7, 11) is 0. The van der Waals surface area contributed by atoms with E-state index in [-0.39, 0.29) is 0 Å². The maximum Gasteiger partial charge on any atom is 0.145 e. The molecule has 4 heterocycles. The van der Waals surface area contributed by atoms with Crippen molar-refractivity contribution in [2.75, 3.05) is 0 Å². The molecule has 0 atom stereocenters. The van der Waals surface area contributed by atoms with Crippen molar-refractivity contribution in [3.05, 3.63) is 133 Å². The first kappa shape index (κ1) is 24.1. The molecule has 0 unspecified atom stereocenters. The molecule has 202 valence electrons. The zero-order chi connectivity index (χ0) is 29.4. The van der Waals surface area contributed by atoms with E-state index in [1.807, 2.05) is 36.4 Å². The van der Waals surface area contributed by atoms with Gasteiger partial charge in [-0.15, -0.1) is 0 Å². The van der Waals surface area contributed by atoms with Gasteiger partial charge >= 0.3 is 0 Å². The number of nitriles is 2. The van der Waals surface area contributed by atoms with Crippen molar-refractivity contribution in [2.24, 2.45) is 0 Å². The molecule has 6 nitrogen and oxygen atoms in total. The Hall–Kier alpha value is -6.50. The predicted octanol–water partition coefficient (Wildman–Crippen LogP) is 8.72. The van der Waals surface area contributed by atoms with E-state index < -0.39 is 0 Å². The molecule has 0 saturated heterocycles. The number of hydrogen-bond acceptors (Lipinski definition) is 4. The first-order valence-corrected chi connectivity index (χ1v) is 14.3. The fraction of sp³-hybridized carbons (Fsp3) is 0. The molecule has 9 aromatic rings. The molecule has 0 amide bonds. The Morgan fingerprint density at radius 1 is 0.477 bits per heavy atom. The Balaban J connectivity index is 1.51. The second kappa shape index (κ2) is 9.00. The minimum absolute atomic E-state index is 0.303. The summed E-state index contributed by atoms with van der Waals surface area (Å²) >= 11 is 0. The molecule has 0 bridgehead atoms. The zero-order valence-electron chi connectivity index (χ0n) is 23.2. The maximum atomic E-state index is 10.2. The van der Waals surface area contributed by atoms with Crippen LogP contribution in [0.25, 0.3) is 76.8 Å². The molecular formula is C38H20N6. The van der Waals surface area contributed by atoms with Crippen molar-refractivity contribution in [1.29, 1.82) is 10.5 Å². The summed E-state index contributed by atoms with van der Waals surface area (Å²) in [5.74, 6) is 0. The quantitative estimate of drug-likeness (QED) is 0.212. The van der Waals surface area contributed by atoms with Crippen LogP contribution in [0.4, 0.5) is 0 Å². The third-order valence-corrected chi connectivity index (χ3v) is 8.67. The monoisotopic (exact) mass is 560 g/mol. The van der Waals surface area contributed by atoms with Crippen LogP contribution in [0.1, 0.15) is 11.1 Å². The number of hydrogen-bond donors (Lipinski definition) is 0. The lowest BCUT2D eigenvalue weighted by molar-refractivity contribution is 1.06. The fourth-order valence-corrected chi connectivity index (χ4v) is 6.84. The van der Waals surface area contributed by atoms with Crippen molar-refractivity contribution >= 4 is 65.4 Å². The van der Waals surface area contributed by atoms with E-state index in [0.29, 0.717) is 11.1 Å². The van der Waals surface area contributed by atoms with E-state index in [0.717, 1.165) is 76.8 Å². The van der Waals surface area contributed by atoms with Crippen LogP contribution >= 0.6 is 0 Å². The van der Waals surface area contributed by atoms with Crippen LogP contribution in [0.15, 0.2) is 122 Å². The van der Waals surface area contributed by atoms with Crippen molar-refractivity contribution in [2.45, 2.75) is 0 Å². The number of benzene rings is 5. The van der Waals surface area contributed by atoms with Gasteiger partial charge in [-0.1, -0.05) is 60.7 Å². The van der Waals surface area contributed by atoms with Crippen LogP contribution in [0, 0.1) is 22.7 Å². The summed E-state index contributed by atoms with van der Waals surface area (Å²) < 4.78 is 4.24. The van der Waals surface area contributed by atoms with Crippen molar-refractivity contribution in [1.82, 2.24) is 19.1 Å². The summed E-state index contributed by atoms with van der Waals surface area (Å²) in [6, 6.07) is 41.4. The van der Waals surface area contributed by atoms with E-state index in [2.05, 4.69) is 94.1 Å². The lowest BCUT2D eigenvalue weighted by atomic mass is 10.0. The Kier molecular flexibility index (Phi) is 4.93. The largest absolute Gasteiger partial charge is 0.292 e. The van der Waals surface area contributed by atoms with Crippen LogP contribution in [0.5, 0.6) is 0 Å². The van der Waals surface area contributed by atoms with Gasteiger partial charge in [0.05, 0.1) is 33.5 Å². The van der Waals surface area contributed by atoms with E-state index in [9.17, 15) is 10.5 Å². The van der Waals surface area contributed by atoms with Gasteiger partial charge in [-0.25, -0.2) is 9.97 Å². The van der Waals surface area contributed by atoms with Crippen LogP contribution < -0.4 is 0 Å². The third-order valence-electron chi connectivity index (χ3n) is 8.67. The average molecular weight is 561 g/mol. The molecular weight excluding hydrogens is 540 g/mol. The first-order chi connectivity index (χ1) is 21.8. The standard InChI is InChI=1S/C38H20N6/c39-21-25-19-33(43-31-15-13-23-7-1-3-9-27(23)35(31)29-11-5-17-41-37(29)43)34(20-26(25)22-40)44-32-16-14-24-8-2-4-10-28(24)36(32)30-12-6-18-42-38(30)44/h1-20H. The Morgan fingerprint density at radius 3 is 1.36 bits per heavy atom.